The van der Waals surface area contributed by atoms with Crippen molar-refractivity contribution in [1.82, 2.24) is 61.7 Å². The number of imide groups is 2. The highest BCUT2D eigenvalue weighted by Crippen LogP contribution is 2.81. The summed E-state index contributed by atoms with van der Waals surface area (Å²) in [6.45, 7) is 30.9. The summed E-state index contributed by atoms with van der Waals surface area (Å²) in [5, 5.41) is 33.9. The fraction of sp³-hybridized carbons (Fsp3) is 0.687. The van der Waals surface area contributed by atoms with Crippen LogP contribution in [0, 0.1) is 69.5 Å². The van der Waals surface area contributed by atoms with Gasteiger partial charge in [-0.3, -0.25) is 77.0 Å². The summed E-state index contributed by atoms with van der Waals surface area (Å²) in [7, 11) is 7.56. The molecular weight excluding hydrogens is 1710 g/mol. The van der Waals surface area contributed by atoms with Crippen LogP contribution in [0.5, 0.6) is 0 Å². The van der Waals surface area contributed by atoms with Crippen molar-refractivity contribution in [2.75, 3.05) is 66.9 Å². The third-order valence-corrected chi connectivity index (χ3v) is 30.5. The second-order valence-electron chi connectivity index (χ2n) is 39.6. The van der Waals surface area contributed by atoms with E-state index >= 15 is 0 Å². The van der Waals surface area contributed by atoms with Crippen molar-refractivity contribution in [2.24, 2.45) is 75.2 Å². The molecule has 34 nitrogen and oxygen atoms in total. The quantitative estimate of drug-likeness (QED) is 0.0169. The van der Waals surface area contributed by atoms with Crippen LogP contribution < -0.4 is 48.3 Å². The molecule has 34 heteroatoms. The Labute approximate surface area is 784 Å². The number of likely N-dealkylation sites (tertiary alicyclic amines) is 3. The summed E-state index contributed by atoms with van der Waals surface area (Å²) >= 11 is 0. The zero-order valence-electron chi connectivity index (χ0n) is 82.0. The first-order valence-electron chi connectivity index (χ1n) is 48.0. The van der Waals surface area contributed by atoms with Gasteiger partial charge in [0.25, 0.3) is 0 Å². The second-order valence-corrected chi connectivity index (χ2v) is 39.6. The maximum atomic E-state index is 14.9. The van der Waals surface area contributed by atoms with E-state index in [1.807, 2.05) is 65.8 Å². The minimum atomic E-state index is -1.17. The van der Waals surface area contributed by atoms with Crippen LogP contribution >= 0.6 is 0 Å². The number of hydrogen-bond acceptors (Lipinski definition) is 20. The average Bonchev–Trinajstić information content (AvgIpc) is 1.46. The molecule has 0 radical (unpaired) electrons. The highest BCUT2D eigenvalue weighted by Gasteiger charge is 2.81. The van der Waals surface area contributed by atoms with Gasteiger partial charge in [0.2, 0.25) is 76.8 Å². The lowest BCUT2D eigenvalue weighted by molar-refractivity contribution is -0.148. The Morgan fingerprint density at radius 3 is 1.85 bits per heavy atom. The van der Waals surface area contributed by atoms with Crippen LogP contribution in [0.15, 0.2) is 77.4 Å². The molecule has 16 amide bonds. The number of carbonyl (C=O) groups is 15. The van der Waals surface area contributed by atoms with Gasteiger partial charge in [-0.15, -0.1) is 0 Å². The standard InChI is InChI=1S/C99H150N14O20/c1-22-24-27-36-66(86(119)101-48-45-64-51-69-74-75(84(64)133-69)91(124)111(19)90(74)123)105-72(115)44-46-97(14)98(15)59(11)60(12)99(97,16)77-76(98)92(125)113(93(77)126)49-31-26-30-39-71(114)107-78(54(3)4)88(121)106-67(37-32-47-102-95(100)128)87(120)104-65-42-40-62(41-43-65)53-132-96(129)110(18)80(56(7)8)89(122)108-79(55(5)6)94(127)109(17)81(57(9)23-2)70(130-20)52-73(116)112-50-33-38-68(112)83(131-21)58(10)85(118)103-61(13)82(117)63-34-28-25-29-35-63/h25,28-29,34-35,40-43,51,54-58,61,66-70,74-84,117H,22-24,26-27,30-33,36-39,44-50,52-53H2,1-21H3,(H,101,119)(H,103,118)(H,104,120)(H,105,115)(H,106,121)(H,107,114)(H,108,122)(H3,100,102,128)/t57-,58+,61+,66?,67-,68-,69?,70+,74?,75?,76?,77?,78-,79-,80-,81-,82-,83+,84?,97?,98?,99?/m0/s1. The molecular formula is C99H150N14O20. The molecule has 2 aliphatic carbocycles. The second kappa shape index (κ2) is 46.4. The number of nitrogens with zero attached hydrogens (tertiary/aromatic N) is 5. The number of ether oxygens (including phenoxy) is 4. The lowest BCUT2D eigenvalue weighted by Crippen LogP contribution is -2.60. The number of aliphatic hydroxyl groups excluding tert-OH is 1. The third-order valence-electron chi connectivity index (χ3n) is 30.5. The summed E-state index contributed by atoms with van der Waals surface area (Å²) in [5.41, 5.74) is 7.44. The van der Waals surface area contributed by atoms with E-state index in [0.29, 0.717) is 87.6 Å². The highest BCUT2D eigenvalue weighted by molar-refractivity contribution is 6.08. The molecule has 2 aromatic carbocycles. The van der Waals surface area contributed by atoms with Crippen LogP contribution in [-0.2, 0) is 87.9 Å². The fourth-order valence-corrected chi connectivity index (χ4v) is 22.1. The Morgan fingerprint density at radius 2 is 1.26 bits per heavy atom. The van der Waals surface area contributed by atoms with Crippen LogP contribution in [-0.4, -0.2) is 253 Å². The normalized spacial score (nSPS) is 24.9. The van der Waals surface area contributed by atoms with Crippen LogP contribution in [0.3, 0.4) is 0 Å². The largest absolute Gasteiger partial charge is 0.445 e. The number of anilines is 1. The molecule has 5 aliphatic heterocycles. The number of nitrogens with two attached hydrogens (primary N) is 1. The molecule has 9 unspecified atom stereocenters. The van der Waals surface area contributed by atoms with E-state index in [4.69, 9.17) is 24.7 Å². The van der Waals surface area contributed by atoms with Crippen molar-refractivity contribution >= 4 is 94.6 Å². The number of rotatable bonds is 50. The van der Waals surface area contributed by atoms with E-state index in [-0.39, 0.29) is 112 Å². The molecule has 4 bridgehead atoms. The number of allylic oxidation sites excluding steroid dienone is 2. The van der Waals surface area contributed by atoms with Gasteiger partial charge in [0.1, 0.15) is 36.8 Å². The molecule has 0 aromatic heterocycles. The number of hydrogen-bond donors (Lipinski definition) is 10. The molecule has 5 fully saturated rings. The highest BCUT2D eigenvalue weighted by atomic mass is 16.6. The summed E-state index contributed by atoms with van der Waals surface area (Å²) < 4.78 is 23.9. The SMILES string of the molecule is CCCCCC(NC(=O)CCC1(C)C2(C)C(C)=C(C)C1(C)C1C(=O)N(CCCCCC(=O)N[C@H](C(=O)N[C@@H](CCCNC(N)=O)C(=O)Nc3ccc(COC(=O)N(C)[C@H](C(=O)N[C@H](C(=O)N(C)[C@@H]([C@@H](C)CC)[C@@H](CC(=O)N4CCC[C@H]4[C@H](OC)[C@@H](C)C(=O)N[C@H](C)[C@H](O)c4ccccc4)OC)C(C)C)C(C)C)cc3)C(C)C)C(=O)C12)C(=O)NCCC1=CC2OC1C1C(=O)N(C)C(=O)C21. The number of aliphatic hydroxyl groups is 1. The van der Waals surface area contributed by atoms with E-state index in [2.05, 4.69) is 56.4 Å². The van der Waals surface area contributed by atoms with Gasteiger partial charge in [-0.05, 0) is 136 Å². The van der Waals surface area contributed by atoms with Crippen molar-refractivity contribution in [3.63, 3.8) is 0 Å². The van der Waals surface area contributed by atoms with Crippen molar-refractivity contribution in [1.29, 1.82) is 0 Å². The molecule has 11 N–H and O–H groups in total. The molecule has 736 valence electrons. The molecule has 4 saturated heterocycles. The maximum absolute atomic E-state index is 14.9. The number of nitrogens with one attached hydrogen (secondary N) is 8. The number of fused-ring (bicyclic) bond motifs is 10. The van der Waals surface area contributed by atoms with Crippen LogP contribution in [0.2, 0.25) is 0 Å². The molecule has 0 spiro atoms. The van der Waals surface area contributed by atoms with Gasteiger partial charge >= 0.3 is 12.1 Å². The molecule has 1 saturated carbocycles. The summed E-state index contributed by atoms with van der Waals surface area (Å²) in [6, 6.07) is 7.64. The molecule has 2 aromatic rings. The predicted molar refractivity (Wildman–Crippen MR) is 498 cm³/mol. The van der Waals surface area contributed by atoms with E-state index in [0.717, 1.165) is 29.6 Å². The zero-order valence-corrected chi connectivity index (χ0v) is 82.0. The first-order chi connectivity index (χ1) is 62.8. The van der Waals surface area contributed by atoms with Gasteiger partial charge in [0.15, 0.2) is 0 Å². The van der Waals surface area contributed by atoms with Crippen molar-refractivity contribution in [2.45, 2.75) is 305 Å². The Balaban J connectivity index is 0.731. The van der Waals surface area contributed by atoms with E-state index in [1.165, 1.54) is 43.0 Å². The topological polar surface area (TPSA) is 452 Å². The Hall–Kier alpha value is -10.2. The van der Waals surface area contributed by atoms with Crippen molar-refractivity contribution < 1.29 is 96.0 Å². The fourth-order valence-electron chi connectivity index (χ4n) is 22.1. The average molecular weight is 1860 g/mol. The van der Waals surface area contributed by atoms with Gasteiger partial charge in [0.05, 0.1) is 84.7 Å². The summed E-state index contributed by atoms with van der Waals surface area (Å²) in [5.74, 6) is -9.69. The van der Waals surface area contributed by atoms with Crippen LogP contribution in [0.1, 0.15) is 237 Å². The summed E-state index contributed by atoms with van der Waals surface area (Å²) in [6.07, 6.45) is 4.56. The lowest BCUT2D eigenvalue weighted by atomic mass is 9.57. The molecule has 21 atom stereocenters. The Morgan fingerprint density at radius 1 is 0.639 bits per heavy atom. The van der Waals surface area contributed by atoms with Crippen molar-refractivity contribution in [3.8, 4) is 0 Å². The number of amides is 16. The maximum Gasteiger partial charge on any atom is 0.410 e. The van der Waals surface area contributed by atoms with Crippen LogP contribution in [0.4, 0.5) is 15.3 Å². The number of primary amides is 1. The molecule has 5 heterocycles. The summed E-state index contributed by atoms with van der Waals surface area (Å²) in [4.78, 5) is 216. The smallest absolute Gasteiger partial charge is 0.410 e. The first kappa shape index (κ1) is 106. The van der Waals surface area contributed by atoms with Gasteiger partial charge < -0.3 is 82.1 Å². The number of carbonyl (C=O) groups excluding carboxylic acids is 15. The van der Waals surface area contributed by atoms with Gasteiger partial charge in [-0.2, -0.15) is 0 Å². The Kier molecular flexibility index (Phi) is 37.1. The third kappa shape index (κ3) is 23.2. The van der Waals surface area contributed by atoms with E-state index < -0.39 is 184 Å². The first-order valence-corrected chi connectivity index (χ1v) is 48.0. The molecule has 133 heavy (non-hydrogen) atoms. The number of urea groups is 1. The minimum Gasteiger partial charge on any atom is -0.445 e. The number of likely N-dealkylation sites (N-methyl/N-ethyl adjacent to an activating group) is 2. The monoisotopic (exact) mass is 1860 g/mol. The van der Waals surface area contributed by atoms with Gasteiger partial charge in [-0.1, -0.05) is 182 Å². The van der Waals surface area contributed by atoms with E-state index in [9.17, 15) is 77.0 Å². The molecule has 9 rings (SSSR count). The minimum absolute atomic E-state index is 0.00694. The van der Waals surface area contributed by atoms with Crippen LogP contribution in [0.25, 0.3) is 0 Å². The van der Waals surface area contributed by atoms with Gasteiger partial charge in [0, 0.05) is 90.9 Å². The Bertz CT molecular complexity index is 4550. The number of methoxy groups -OCH3 is 2. The van der Waals surface area contributed by atoms with Crippen molar-refractivity contribution in [3.05, 3.63) is 88.5 Å². The number of unbranched alkanes of at least 4 members (excludes halogenated alkanes) is 4. The predicted octanol–water partition coefficient (Wildman–Crippen LogP) is 8.43. The lowest BCUT2D eigenvalue weighted by Gasteiger charge is -2.46. The van der Waals surface area contributed by atoms with Gasteiger partial charge in [-0.25, -0.2) is 9.59 Å². The van der Waals surface area contributed by atoms with E-state index in [1.54, 1.807) is 109 Å². The number of benzene rings is 2. The molecule has 7 aliphatic rings. The zero-order chi connectivity index (χ0) is 98.3.